The molecule has 1 aromatic heterocycles. The summed E-state index contributed by atoms with van der Waals surface area (Å²) in [4.78, 5) is 12.4. The quantitative estimate of drug-likeness (QED) is 0.528. The summed E-state index contributed by atoms with van der Waals surface area (Å²) in [5, 5.41) is 7.23. The number of benzene rings is 2. The topological polar surface area (TPSA) is 64.4 Å². The van der Waals surface area contributed by atoms with Crippen LogP contribution in [-0.4, -0.2) is 17.7 Å². The molecule has 1 heterocycles. The highest BCUT2D eigenvalue weighted by Crippen LogP contribution is 2.25. The fourth-order valence-electron chi connectivity index (χ4n) is 2.48. The molecule has 0 saturated carbocycles. The first-order valence-electron chi connectivity index (χ1n) is 8.84. The van der Waals surface area contributed by atoms with Crippen LogP contribution in [0.2, 0.25) is 5.02 Å². The number of halogens is 1. The van der Waals surface area contributed by atoms with Gasteiger partial charge in [0.15, 0.2) is 11.5 Å². The van der Waals surface area contributed by atoms with Crippen molar-refractivity contribution in [2.24, 2.45) is 0 Å². The number of carbonyl (C=O) groups excluding carboxylic acids is 1. The summed E-state index contributed by atoms with van der Waals surface area (Å²) in [6.45, 7) is 4.72. The molecule has 0 unspecified atom stereocenters. The second-order valence-electron chi connectivity index (χ2n) is 6.22. The first kappa shape index (κ1) is 19.0. The molecule has 0 fully saturated rings. The van der Waals surface area contributed by atoms with Gasteiger partial charge in [-0.15, -0.1) is 0 Å². The third-order valence-electron chi connectivity index (χ3n) is 4.10. The lowest BCUT2D eigenvalue weighted by Gasteiger charge is -2.06. The van der Waals surface area contributed by atoms with Crippen LogP contribution in [0.1, 0.15) is 35.8 Å². The van der Waals surface area contributed by atoms with Crippen molar-refractivity contribution in [2.75, 3.05) is 11.9 Å². The highest BCUT2D eigenvalue weighted by Gasteiger charge is 2.15. The number of aryl methyl sites for hydroxylation is 1. The van der Waals surface area contributed by atoms with Crippen molar-refractivity contribution in [1.82, 2.24) is 5.16 Å². The minimum atomic E-state index is -0.352. The number of hydrogen-bond donors (Lipinski definition) is 1. The van der Waals surface area contributed by atoms with Gasteiger partial charge in [-0.2, -0.15) is 0 Å². The monoisotopic (exact) mass is 384 g/mol. The van der Waals surface area contributed by atoms with E-state index < -0.39 is 0 Å². The third-order valence-corrected chi connectivity index (χ3v) is 4.33. The van der Waals surface area contributed by atoms with Crippen molar-refractivity contribution in [2.45, 2.75) is 26.7 Å². The van der Waals surface area contributed by atoms with Gasteiger partial charge in [-0.05, 0) is 55.3 Å². The van der Waals surface area contributed by atoms with Crippen LogP contribution in [0.15, 0.2) is 53.1 Å². The number of amides is 1. The van der Waals surface area contributed by atoms with Crippen molar-refractivity contribution < 1.29 is 14.1 Å². The van der Waals surface area contributed by atoms with E-state index in [1.54, 1.807) is 18.2 Å². The summed E-state index contributed by atoms with van der Waals surface area (Å²) in [6, 6.07) is 14.4. The molecule has 2 aromatic carbocycles. The molecule has 0 atom stereocenters. The molecule has 3 aromatic rings. The predicted molar refractivity (Wildman–Crippen MR) is 106 cm³/mol. The Hall–Kier alpha value is -2.79. The molecule has 1 amide bonds. The maximum absolute atomic E-state index is 12.4. The van der Waals surface area contributed by atoms with Gasteiger partial charge < -0.3 is 14.6 Å². The van der Waals surface area contributed by atoms with Crippen molar-refractivity contribution in [3.8, 4) is 17.1 Å². The molecule has 6 heteroatoms. The summed E-state index contributed by atoms with van der Waals surface area (Å²) in [7, 11) is 0. The standard InChI is InChI=1S/C21H21ClN2O3/c1-3-4-11-26-17-9-6-15(7-10-17)20-13-19(24-27-20)21(25)23-18-12-16(22)8-5-14(18)2/h5-10,12-13H,3-4,11H2,1-2H3,(H,23,25). The zero-order chi connectivity index (χ0) is 19.2. The number of nitrogens with one attached hydrogen (secondary N) is 1. The zero-order valence-electron chi connectivity index (χ0n) is 15.3. The van der Waals surface area contributed by atoms with Gasteiger partial charge >= 0.3 is 0 Å². The Morgan fingerprint density at radius 2 is 1.96 bits per heavy atom. The van der Waals surface area contributed by atoms with E-state index >= 15 is 0 Å². The molecule has 1 N–H and O–H groups in total. The average molecular weight is 385 g/mol. The van der Waals surface area contributed by atoms with E-state index in [1.165, 1.54) is 0 Å². The SMILES string of the molecule is CCCCOc1ccc(-c2cc(C(=O)Nc3cc(Cl)ccc3C)no2)cc1. The Kier molecular flexibility index (Phi) is 6.14. The van der Waals surface area contributed by atoms with Crippen LogP contribution in [0.4, 0.5) is 5.69 Å². The molecular formula is C21H21ClN2O3. The molecule has 0 saturated heterocycles. The molecule has 3 rings (SSSR count). The van der Waals surface area contributed by atoms with Crippen LogP contribution >= 0.6 is 11.6 Å². The van der Waals surface area contributed by atoms with E-state index in [0.29, 0.717) is 23.1 Å². The normalized spacial score (nSPS) is 10.6. The molecule has 0 radical (unpaired) electrons. The largest absolute Gasteiger partial charge is 0.494 e. The van der Waals surface area contributed by atoms with Gasteiger partial charge in [0.1, 0.15) is 5.75 Å². The third kappa shape index (κ3) is 4.89. The highest BCUT2D eigenvalue weighted by molar-refractivity contribution is 6.31. The lowest BCUT2D eigenvalue weighted by atomic mass is 10.1. The van der Waals surface area contributed by atoms with E-state index in [-0.39, 0.29) is 11.6 Å². The van der Waals surface area contributed by atoms with Crippen LogP contribution in [0, 0.1) is 6.92 Å². The van der Waals surface area contributed by atoms with Gasteiger partial charge in [0.05, 0.1) is 6.61 Å². The number of ether oxygens (including phenoxy) is 1. The number of nitrogens with zero attached hydrogens (tertiary/aromatic N) is 1. The molecule has 5 nitrogen and oxygen atoms in total. The first-order valence-corrected chi connectivity index (χ1v) is 9.22. The van der Waals surface area contributed by atoms with Crippen LogP contribution in [0.25, 0.3) is 11.3 Å². The highest BCUT2D eigenvalue weighted by atomic mass is 35.5. The molecule has 0 aliphatic carbocycles. The Bertz CT molecular complexity index is 919. The number of carbonyl (C=O) groups is 1. The van der Waals surface area contributed by atoms with Crippen LogP contribution in [0.5, 0.6) is 5.75 Å². The fourth-order valence-corrected chi connectivity index (χ4v) is 2.66. The summed E-state index contributed by atoms with van der Waals surface area (Å²) in [5.74, 6) is 0.971. The number of anilines is 1. The summed E-state index contributed by atoms with van der Waals surface area (Å²) >= 11 is 5.99. The number of aromatic nitrogens is 1. The molecule has 0 bridgehead atoms. The van der Waals surface area contributed by atoms with Gasteiger partial charge in [-0.1, -0.05) is 36.2 Å². The Morgan fingerprint density at radius 1 is 1.19 bits per heavy atom. The summed E-state index contributed by atoms with van der Waals surface area (Å²) in [5.41, 5.74) is 2.58. The molecule has 0 spiro atoms. The van der Waals surface area contributed by atoms with E-state index in [9.17, 15) is 4.79 Å². The minimum Gasteiger partial charge on any atom is -0.494 e. The average Bonchev–Trinajstić information content (AvgIpc) is 3.16. The second kappa shape index (κ2) is 8.73. The van der Waals surface area contributed by atoms with E-state index in [4.69, 9.17) is 20.9 Å². The van der Waals surface area contributed by atoms with Gasteiger partial charge in [-0.25, -0.2) is 0 Å². The Balaban J connectivity index is 1.68. The zero-order valence-corrected chi connectivity index (χ0v) is 16.0. The lowest BCUT2D eigenvalue weighted by molar-refractivity contribution is 0.101. The molecule has 0 aliphatic heterocycles. The number of unbranched alkanes of at least 4 members (excludes halogenated alkanes) is 1. The van der Waals surface area contributed by atoms with Gasteiger partial charge in [0.25, 0.3) is 5.91 Å². The molecule has 0 aliphatic rings. The maximum atomic E-state index is 12.4. The predicted octanol–water partition coefficient (Wildman–Crippen LogP) is 5.73. The summed E-state index contributed by atoms with van der Waals surface area (Å²) in [6.07, 6.45) is 2.12. The molecular weight excluding hydrogens is 364 g/mol. The van der Waals surface area contributed by atoms with Crippen molar-refractivity contribution in [3.05, 3.63) is 64.8 Å². The van der Waals surface area contributed by atoms with Crippen molar-refractivity contribution in [1.29, 1.82) is 0 Å². The fraction of sp³-hybridized carbons (Fsp3) is 0.238. The van der Waals surface area contributed by atoms with Crippen molar-refractivity contribution >= 4 is 23.2 Å². The molecule has 140 valence electrons. The second-order valence-corrected chi connectivity index (χ2v) is 6.65. The van der Waals surface area contributed by atoms with Gasteiger partial charge in [0, 0.05) is 22.3 Å². The summed E-state index contributed by atoms with van der Waals surface area (Å²) < 4.78 is 11.0. The van der Waals surface area contributed by atoms with Gasteiger partial charge in [-0.3, -0.25) is 4.79 Å². The Labute approximate surface area is 163 Å². The Morgan fingerprint density at radius 3 is 2.70 bits per heavy atom. The van der Waals surface area contributed by atoms with Crippen molar-refractivity contribution in [3.63, 3.8) is 0 Å². The first-order chi connectivity index (χ1) is 13.1. The minimum absolute atomic E-state index is 0.202. The number of hydrogen-bond acceptors (Lipinski definition) is 4. The maximum Gasteiger partial charge on any atom is 0.277 e. The van der Waals surface area contributed by atoms with Gasteiger partial charge in [0.2, 0.25) is 0 Å². The van der Waals surface area contributed by atoms with E-state index in [2.05, 4.69) is 17.4 Å². The lowest BCUT2D eigenvalue weighted by Crippen LogP contribution is -2.13. The number of rotatable bonds is 7. The van der Waals surface area contributed by atoms with E-state index in [0.717, 1.165) is 29.7 Å². The van der Waals surface area contributed by atoms with Crippen LogP contribution < -0.4 is 10.1 Å². The molecule has 27 heavy (non-hydrogen) atoms. The van der Waals surface area contributed by atoms with E-state index in [1.807, 2.05) is 37.3 Å². The van der Waals surface area contributed by atoms with Crippen LogP contribution in [-0.2, 0) is 0 Å². The smallest absolute Gasteiger partial charge is 0.277 e. The van der Waals surface area contributed by atoms with Crippen LogP contribution in [0.3, 0.4) is 0 Å².